The van der Waals surface area contributed by atoms with Gasteiger partial charge in [0.2, 0.25) is 6.37 Å². The molecule has 0 aromatic heterocycles. The van der Waals surface area contributed by atoms with Crippen LogP contribution in [0.5, 0.6) is 0 Å². The lowest BCUT2D eigenvalue weighted by Crippen LogP contribution is -2.41. The molecule has 0 fully saturated rings. The van der Waals surface area contributed by atoms with Gasteiger partial charge in [-0.1, -0.05) is 92.1 Å². The van der Waals surface area contributed by atoms with Gasteiger partial charge in [0, 0.05) is 9.79 Å². The maximum atomic E-state index is 2.61. The summed E-state index contributed by atoms with van der Waals surface area (Å²) in [7, 11) is -1.33. The number of hydrogen-bond donors (Lipinski definition) is 0. The minimum absolute atomic E-state index is 1.33. The predicted molar refractivity (Wildman–Crippen MR) is 138 cm³/mol. The third kappa shape index (κ3) is 6.01. The Morgan fingerprint density at radius 3 is 1.48 bits per heavy atom. The summed E-state index contributed by atoms with van der Waals surface area (Å²) in [6, 6.07) is 28.8. The molecule has 0 aliphatic carbocycles. The van der Waals surface area contributed by atoms with Crippen LogP contribution in [0.1, 0.15) is 11.1 Å². The van der Waals surface area contributed by atoms with Crippen molar-refractivity contribution in [3.8, 4) is 0 Å². The zero-order chi connectivity index (χ0) is 20.9. The zero-order valence-electron chi connectivity index (χ0n) is 18.0. The van der Waals surface area contributed by atoms with Crippen molar-refractivity contribution < 1.29 is 0 Å². The van der Waals surface area contributed by atoms with Crippen molar-refractivity contribution in [3.05, 3.63) is 101 Å². The van der Waals surface area contributed by atoms with Gasteiger partial charge in [-0.2, -0.15) is 0 Å². The van der Waals surface area contributed by atoms with E-state index in [1.807, 2.05) is 0 Å². The first-order valence-corrected chi connectivity index (χ1v) is 18.8. The highest BCUT2D eigenvalue weighted by atomic mass is 32.6. The van der Waals surface area contributed by atoms with E-state index < -0.39 is 14.4 Å². The Hall–Kier alpha value is -1.47. The van der Waals surface area contributed by atoms with Crippen molar-refractivity contribution in [2.24, 2.45) is 0 Å². The van der Waals surface area contributed by atoms with Crippen LogP contribution in [0.25, 0.3) is 0 Å². The minimum atomic E-state index is -2.14. The molecule has 0 radical (unpaired) electrons. The Labute approximate surface area is 186 Å². The van der Waals surface area contributed by atoms with Gasteiger partial charge in [-0.25, -0.2) is 0 Å². The Morgan fingerprint density at radius 2 is 1.03 bits per heavy atom. The van der Waals surface area contributed by atoms with Gasteiger partial charge in [0.05, 0.1) is 8.07 Å². The van der Waals surface area contributed by atoms with Gasteiger partial charge in [0.1, 0.15) is 0 Å². The van der Waals surface area contributed by atoms with Crippen LogP contribution in [0.15, 0.2) is 100 Å². The van der Waals surface area contributed by atoms with E-state index >= 15 is 0 Å². The second-order valence-corrected chi connectivity index (χ2v) is 22.9. The van der Waals surface area contributed by atoms with Crippen LogP contribution in [0.3, 0.4) is 0 Å². The van der Waals surface area contributed by atoms with Crippen LogP contribution in [0.4, 0.5) is 0 Å². The van der Waals surface area contributed by atoms with Gasteiger partial charge in [-0.15, -0.1) is 28.1 Å². The third-order valence-corrected chi connectivity index (χ3v) is 16.8. The second-order valence-electron chi connectivity index (χ2n) is 8.47. The molecule has 0 N–H and O–H groups in total. The predicted octanol–water partition coefficient (Wildman–Crippen LogP) is 7.51. The number of hydrogen-bond acceptors (Lipinski definition) is 2. The molecule has 0 heterocycles. The van der Waals surface area contributed by atoms with Gasteiger partial charge >= 0.3 is 0 Å². The van der Waals surface area contributed by atoms with Crippen molar-refractivity contribution in [2.75, 3.05) is 0 Å². The van der Waals surface area contributed by atoms with Crippen LogP contribution >= 0.6 is 22.4 Å². The molecule has 0 unspecified atom stereocenters. The van der Waals surface area contributed by atoms with E-state index in [4.69, 9.17) is 0 Å². The molecule has 0 bridgehead atoms. The van der Waals surface area contributed by atoms with Gasteiger partial charge in [0.25, 0.3) is 0 Å². The molecular weight excluding hydrogens is 421 g/mol. The van der Waals surface area contributed by atoms with E-state index in [0.717, 1.165) is 0 Å². The topological polar surface area (TPSA) is 0 Å². The first-order chi connectivity index (χ1) is 13.8. The van der Waals surface area contributed by atoms with E-state index in [1.165, 1.54) is 26.1 Å². The molecule has 0 saturated heterocycles. The fourth-order valence-corrected chi connectivity index (χ4v) is 17.2. The number of aryl methyl sites for hydroxylation is 2. The molecule has 0 nitrogen and oxygen atoms in total. The molecule has 29 heavy (non-hydrogen) atoms. The lowest BCUT2D eigenvalue weighted by molar-refractivity contribution is 1.31. The first kappa shape index (κ1) is 22.2. The van der Waals surface area contributed by atoms with Crippen molar-refractivity contribution in [2.45, 2.75) is 43.3 Å². The van der Waals surface area contributed by atoms with Crippen molar-refractivity contribution in [1.29, 1.82) is 0 Å². The Kier molecular flexibility index (Phi) is 7.33. The van der Waals surface area contributed by atoms with Crippen LogP contribution in [-0.4, -0.2) is 14.4 Å². The molecule has 3 rings (SSSR count). The average molecular weight is 451 g/mol. The van der Waals surface area contributed by atoms with E-state index in [0.29, 0.717) is 0 Å². The highest BCUT2D eigenvalue weighted by Gasteiger charge is 2.37. The van der Waals surface area contributed by atoms with Crippen LogP contribution < -0.4 is 5.19 Å². The van der Waals surface area contributed by atoms with E-state index in [2.05, 4.69) is 146 Å². The fourth-order valence-electron chi connectivity index (χ4n) is 3.00. The largest absolute Gasteiger partial charge is 0.241 e. The monoisotopic (exact) mass is 450 g/mol. The molecule has 0 saturated carbocycles. The Bertz CT molecular complexity index is 928. The van der Waals surface area contributed by atoms with Crippen LogP contribution in [-0.2, 0) is 0 Å². The van der Waals surface area contributed by atoms with Gasteiger partial charge in [-0.05, 0) is 42.3 Å². The van der Waals surface area contributed by atoms with Crippen molar-refractivity contribution in [3.63, 3.8) is 0 Å². The average Bonchev–Trinajstić information content (AvgIpc) is 2.70. The standard InChI is InChI=1S/C25H30S2Si2/c1-21-13-9-11-17-24(21)26-29(20-19-28(3,4)5,23-15-7-6-8-16-23)27-25-18-12-10-14-22(25)2/h6-20H,1-5H3/b20-19+. The number of benzene rings is 3. The molecule has 3 aromatic carbocycles. The Morgan fingerprint density at radius 1 is 0.586 bits per heavy atom. The zero-order valence-corrected chi connectivity index (χ0v) is 21.6. The fraction of sp³-hybridized carbons (Fsp3) is 0.200. The summed E-state index contributed by atoms with van der Waals surface area (Å²) in [6.07, 6.45) is -2.14. The normalized spacial score (nSPS) is 12.4. The molecule has 0 atom stereocenters. The van der Waals surface area contributed by atoms with Gasteiger partial charge < -0.3 is 0 Å². The lowest BCUT2D eigenvalue weighted by Gasteiger charge is -2.30. The highest BCUT2D eigenvalue weighted by molar-refractivity contribution is 8.60. The highest BCUT2D eigenvalue weighted by Crippen LogP contribution is 2.44. The maximum Gasteiger partial charge on any atom is 0.241 e. The quantitative estimate of drug-likeness (QED) is 0.342. The summed E-state index contributed by atoms with van der Waals surface area (Å²) in [4.78, 5) is 2.79. The SMILES string of the molecule is Cc1ccccc1S[Si](/C=C/[Si](C)(C)C)(Sc1ccccc1C)c1ccccc1. The molecule has 0 amide bonds. The summed E-state index contributed by atoms with van der Waals surface area (Å²) in [5, 5.41) is 1.47. The lowest BCUT2D eigenvalue weighted by atomic mass is 10.2. The van der Waals surface area contributed by atoms with Gasteiger partial charge in [0.15, 0.2) is 0 Å². The molecule has 150 valence electrons. The first-order valence-electron chi connectivity index (χ1n) is 10.0. The minimum Gasteiger partial charge on any atom is -0.127 e. The number of rotatable bonds is 7. The summed E-state index contributed by atoms with van der Waals surface area (Å²) in [6.45, 7) is 11.7. The summed E-state index contributed by atoms with van der Waals surface area (Å²) in [5.74, 6) is 0. The van der Waals surface area contributed by atoms with Gasteiger partial charge in [-0.3, -0.25) is 0 Å². The summed E-state index contributed by atoms with van der Waals surface area (Å²) < 4.78 is 0. The van der Waals surface area contributed by atoms with Crippen LogP contribution in [0.2, 0.25) is 19.6 Å². The molecule has 0 spiro atoms. The summed E-state index contributed by atoms with van der Waals surface area (Å²) in [5.41, 5.74) is 7.89. The molecule has 4 heteroatoms. The summed E-state index contributed by atoms with van der Waals surface area (Å²) >= 11 is 4.19. The van der Waals surface area contributed by atoms with E-state index in [-0.39, 0.29) is 0 Å². The molecule has 0 aliphatic heterocycles. The Balaban J connectivity index is 2.19. The molecule has 0 aliphatic rings. The maximum absolute atomic E-state index is 2.61. The van der Waals surface area contributed by atoms with Crippen LogP contribution in [0, 0.1) is 13.8 Å². The third-order valence-electron chi connectivity index (χ3n) is 4.69. The second kappa shape index (κ2) is 9.56. The van der Waals surface area contributed by atoms with E-state index in [9.17, 15) is 0 Å². The smallest absolute Gasteiger partial charge is 0.127 e. The van der Waals surface area contributed by atoms with Crippen molar-refractivity contribution in [1.82, 2.24) is 0 Å². The molecular formula is C25H30S2Si2. The van der Waals surface area contributed by atoms with Crippen molar-refractivity contribution >= 4 is 42.1 Å². The van der Waals surface area contributed by atoms with E-state index in [1.54, 1.807) is 0 Å². The molecule has 3 aromatic rings.